The average Bonchev–Trinajstić information content (AvgIpc) is 3.20. The molecule has 0 radical (unpaired) electrons. The number of rotatable bonds is 5. The first kappa shape index (κ1) is 25.8. The Hall–Kier alpha value is -2.30. The van der Waals surface area contributed by atoms with Crippen LogP contribution in [0.1, 0.15) is 86.1 Å². The minimum atomic E-state index is -0.618. The molecule has 3 saturated carbocycles. The van der Waals surface area contributed by atoms with Crippen molar-refractivity contribution >= 4 is 18.0 Å². The van der Waals surface area contributed by atoms with Gasteiger partial charge in [-0.3, -0.25) is 4.79 Å². The molecule has 3 fully saturated rings. The molecular formula is C30H42O5. The fourth-order valence-corrected chi connectivity index (χ4v) is 7.53. The highest BCUT2D eigenvalue weighted by molar-refractivity contribution is 5.87. The third-order valence-corrected chi connectivity index (χ3v) is 9.52. The number of hydrogen-bond donors (Lipinski definition) is 0. The maximum absolute atomic E-state index is 13.0. The van der Waals surface area contributed by atoms with Gasteiger partial charge in [0.2, 0.25) is 0 Å². The van der Waals surface area contributed by atoms with Gasteiger partial charge in [0.05, 0.1) is 12.5 Å². The molecule has 35 heavy (non-hydrogen) atoms. The molecule has 0 saturated heterocycles. The number of ether oxygens (including phenoxy) is 3. The van der Waals surface area contributed by atoms with Gasteiger partial charge in [0.15, 0.2) is 11.5 Å². The molecule has 0 N–H and O–H groups in total. The molecule has 3 aliphatic carbocycles. The zero-order valence-electron chi connectivity index (χ0n) is 22.7. The van der Waals surface area contributed by atoms with Crippen molar-refractivity contribution in [3.05, 3.63) is 29.8 Å². The minimum absolute atomic E-state index is 0.174. The van der Waals surface area contributed by atoms with Crippen LogP contribution >= 0.6 is 0 Å². The van der Waals surface area contributed by atoms with Gasteiger partial charge in [-0.05, 0) is 106 Å². The first-order valence-electron chi connectivity index (χ1n) is 13.0. The minimum Gasteiger partial charge on any atom is -0.493 e. The van der Waals surface area contributed by atoms with E-state index in [-0.39, 0.29) is 17.4 Å². The van der Waals surface area contributed by atoms with Gasteiger partial charge in [-0.15, -0.1) is 0 Å². The monoisotopic (exact) mass is 482 g/mol. The van der Waals surface area contributed by atoms with Gasteiger partial charge in [-0.2, -0.15) is 0 Å². The summed E-state index contributed by atoms with van der Waals surface area (Å²) in [7, 11) is 1.53. The standard InChI is InChI=1S/C30H42O5/c1-19-9-13-23-28(5,6)24-18-30(19,23)16-15-29(24,7)35-25(31)14-11-20-10-12-21(22(17-20)33-8)34-26(32)27(2,3)4/h10-12,14,17,19,23-24H,9,13,15-16,18H2,1-8H3/b14-11+/t19-,23+,24-,29-,30+/m1/s1. The Balaban J connectivity index is 1.46. The zero-order chi connectivity index (χ0) is 25.8. The van der Waals surface area contributed by atoms with E-state index < -0.39 is 11.0 Å². The molecule has 5 nitrogen and oxygen atoms in total. The average molecular weight is 483 g/mol. The third kappa shape index (κ3) is 4.40. The van der Waals surface area contributed by atoms with Crippen LogP contribution in [-0.2, 0) is 14.3 Å². The van der Waals surface area contributed by atoms with Crippen LogP contribution in [0, 0.1) is 34.0 Å². The largest absolute Gasteiger partial charge is 0.493 e. The number of benzene rings is 1. The zero-order valence-corrected chi connectivity index (χ0v) is 22.7. The summed E-state index contributed by atoms with van der Waals surface area (Å²) in [5.74, 6) is 2.02. The molecule has 1 aromatic carbocycles. The van der Waals surface area contributed by atoms with Crippen LogP contribution in [0.2, 0.25) is 0 Å². The molecule has 3 aliphatic rings. The lowest BCUT2D eigenvalue weighted by molar-refractivity contribution is -0.167. The van der Waals surface area contributed by atoms with Crippen LogP contribution in [0.5, 0.6) is 11.5 Å². The van der Waals surface area contributed by atoms with Crippen LogP contribution in [0.25, 0.3) is 6.08 Å². The van der Waals surface area contributed by atoms with Crippen LogP contribution in [0.15, 0.2) is 24.3 Å². The van der Waals surface area contributed by atoms with E-state index in [0.717, 1.165) is 30.2 Å². The molecule has 5 atom stereocenters. The molecule has 0 aromatic heterocycles. The van der Waals surface area contributed by atoms with Gasteiger partial charge in [0.25, 0.3) is 0 Å². The second kappa shape index (κ2) is 8.67. The first-order valence-corrected chi connectivity index (χ1v) is 13.0. The van der Waals surface area contributed by atoms with Crippen LogP contribution in [0.3, 0.4) is 0 Å². The van der Waals surface area contributed by atoms with Gasteiger partial charge < -0.3 is 14.2 Å². The van der Waals surface area contributed by atoms with Crippen LogP contribution < -0.4 is 9.47 Å². The van der Waals surface area contributed by atoms with Crippen molar-refractivity contribution in [2.24, 2.45) is 34.0 Å². The van der Waals surface area contributed by atoms with Gasteiger partial charge in [0, 0.05) is 12.0 Å². The van der Waals surface area contributed by atoms with Crippen LogP contribution in [0.4, 0.5) is 0 Å². The Labute approximate surface area is 210 Å². The fraction of sp³-hybridized carbons (Fsp3) is 0.667. The highest BCUT2D eigenvalue weighted by atomic mass is 16.6. The van der Waals surface area contributed by atoms with Crippen molar-refractivity contribution in [3.63, 3.8) is 0 Å². The Morgan fingerprint density at radius 1 is 1.03 bits per heavy atom. The third-order valence-electron chi connectivity index (χ3n) is 9.52. The second-order valence-corrected chi connectivity index (χ2v) is 13.0. The molecule has 1 aromatic rings. The molecule has 0 heterocycles. The SMILES string of the molecule is COc1cc(/C=C/C(=O)O[C@]2(C)CC[C@@]34C[C@@H]2C(C)(C)[C@@H]3CC[C@H]4C)ccc1OC(=O)C(C)(C)C. The summed E-state index contributed by atoms with van der Waals surface area (Å²) in [6.07, 6.45) is 9.11. The van der Waals surface area contributed by atoms with Gasteiger partial charge in [0.1, 0.15) is 5.60 Å². The number of fused-ring (bicyclic) bond motifs is 1. The highest BCUT2D eigenvalue weighted by Crippen LogP contribution is 2.73. The topological polar surface area (TPSA) is 61.8 Å². The lowest BCUT2D eigenvalue weighted by Gasteiger charge is -2.46. The summed E-state index contributed by atoms with van der Waals surface area (Å²) in [6, 6.07) is 5.24. The number of carbonyl (C=O) groups excluding carboxylic acids is 2. The molecule has 4 rings (SSSR count). The fourth-order valence-electron chi connectivity index (χ4n) is 7.53. The number of carbonyl (C=O) groups is 2. The predicted molar refractivity (Wildman–Crippen MR) is 137 cm³/mol. The molecule has 5 heteroatoms. The molecule has 0 aliphatic heterocycles. The van der Waals surface area contributed by atoms with Crippen molar-refractivity contribution in [1.29, 1.82) is 0 Å². The van der Waals surface area contributed by atoms with E-state index in [2.05, 4.69) is 27.7 Å². The number of hydrogen-bond acceptors (Lipinski definition) is 5. The van der Waals surface area contributed by atoms with E-state index in [9.17, 15) is 9.59 Å². The summed E-state index contributed by atoms with van der Waals surface area (Å²) >= 11 is 0. The quantitative estimate of drug-likeness (QED) is 0.261. The van der Waals surface area contributed by atoms with E-state index in [0.29, 0.717) is 22.8 Å². The van der Waals surface area contributed by atoms with Crippen molar-refractivity contribution < 1.29 is 23.8 Å². The summed E-state index contributed by atoms with van der Waals surface area (Å²) in [5.41, 5.74) is 0.320. The molecule has 2 bridgehead atoms. The van der Waals surface area contributed by atoms with Crippen molar-refractivity contribution in [1.82, 2.24) is 0 Å². The van der Waals surface area contributed by atoms with Crippen molar-refractivity contribution in [2.45, 2.75) is 86.2 Å². The highest BCUT2D eigenvalue weighted by Gasteiger charge is 2.68. The predicted octanol–water partition coefficient (Wildman–Crippen LogP) is 6.83. The Kier molecular flexibility index (Phi) is 6.39. The summed E-state index contributed by atoms with van der Waals surface area (Å²) in [4.78, 5) is 25.2. The molecular weight excluding hydrogens is 440 g/mol. The van der Waals surface area contributed by atoms with E-state index >= 15 is 0 Å². The Morgan fingerprint density at radius 3 is 2.40 bits per heavy atom. The van der Waals surface area contributed by atoms with Gasteiger partial charge >= 0.3 is 11.9 Å². The van der Waals surface area contributed by atoms with Gasteiger partial charge in [-0.1, -0.05) is 26.8 Å². The Morgan fingerprint density at radius 2 is 1.74 bits per heavy atom. The maximum atomic E-state index is 13.0. The summed E-state index contributed by atoms with van der Waals surface area (Å²) in [6.45, 7) is 14.8. The van der Waals surface area contributed by atoms with E-state index in [1.54, 1.807) is 45.0 Å². The molecule has 1 spiro atoms. The lowest BCUT2D eigenvalue weighted by atomic mass is 9.64. The Bertz CT molecular complexity index is 1030. The lowest BCUT2D eigenvalue weighted by Crippen LogP contribution is -2.47. The normalized spacial score (nSPS) is 33.4. The first-order chi connectivity index (χ1) is 16.2. The summed E-state index contributed by atoms with van der Waals surface area (Å²) in [5, 5.41) is 0. The summed E-state index contributed by atoms with van der Waals surface area (Å²) < 4.78 is 17.1. The van der Waals surface area contributed by atoms with E-state index in [1.807, 2.05) is 0 Å². The maximum Gasteiger partial charge on any atom is 0.331 e. The van der Waals surface area contributed by atoms with Crippen LogP contribution in [-0.4, -0.2) is 24.6 Å². The smallest absolute Gasteiger partial charge is 0.331 e. The van der Waals surface area contributed by atoms with Crippen molar-refractivity contribution in [3.8, 4) is 11.5 Å². The van der Waals surface area contributed by atoms with Crippen molar-refractivity contribution in [2.75, 3.05) is 7.11 Å². The number of methoxy groups -OCH3 is 1. The van der Waals surface area contributed by atoms with E-state index in [4.69, 9.17) is 14.2 Å². The molecule has 192 valence electrons. The molecule has 0 unspecified atom stereocenters. The second-order valence-electron chi connectivity index (χ2n) is 13.0. The van der Waals surface area contributed by atoms with Gasteiger partial charge in [-0.25, -0.2) is 4.79 Å². The van der Waals surface area contributed by atoms with E-state index in [1.165, 1.54) is 32.4 Å². The molecule has 0 amide bonds. The number of esters is 2.